The van der Waals surface area contributed by atoms with Gasteiger partial charge in [0.2, 0.25) is 0 Å². The molecule has 1 aromatic heterocycles. The van der Waals surface area contributed by atoms with Crippen molar-refractivity contribution in [3.05, 3.63) is 53.1 Å². The van der Waals surface area contributed by atoms with Crippen molar-refractivity contribution in [3.8, 4) is 0 Å². The predicted molar refractivity (Wildman–Crippen MR) is 85.6 cm³/mol. The minimum absolute atomic E-state index is 0.173. The zero-order valence-electron chi connectivity index (χ0n) is 10.2. The van der Waals surface area contributed by atoms with Crippen LogP contribution in [0.1, 0.15) is 5.76 Å². The Bertz CT molecular complexity index is 691. The van der Waals surface area contributed by atoms with Crippen molar-refractivity contribution in [1.29, 1.82) is 0 Å². The highest BCUT2D eigenvalue weighted by Gasteiger charge is 2.22. The highest BCUT2D eigenvalue weighted by molar-refractivity contribution is 8.26. The molecule has 3 rings (SSSR count). The monoisotopic (exact) mass is 319 g/mol. The van der Waals surface area contributed by atoms with Crippen LogP contribution in [0.25, 0.3) is 6.08 Å². The van der Waals surface area contributed by atoms with Crippen LogP contribution in [0.5, 0.6) is 0 Å². The van der Waals surface area contributed by atoms with E-state index < -0.39 is 0 Å². The second kappa shape index (κ2) is 5.87. The molecule has 0 saturated carbocycles. The molecule has 0 spiro atoms. The molecule has 0 aliphatic carbocycles. The van der Waals surface area contributed by atoms with Gasteiger partial charge in [-0.15, -0.1) is 0 Å². The van der Waals surface area contributed by atoms with E-state index in [-0.39, 0.29) is 5.91 Å². The summed E-state index contributed by atoms with van der Waals surface area (Å²) in [6.07, 6.45) is 1.70. The third kappa shape index (κ3) is 3.15. The lowest BCUT2D eigenvalue weighted by atomic mass is 10.4. The summed E-state index contributed by atoms with van der Waals surface area (Å²) >= 11 is 7.72. The number of rotatable bonds is 3. The molecule has 20 heavy (non-hydrogen) atoms. The van der Waals surface area contributed by atoms with Crippen molar-refractivity contribution in [2.45, 2.75) is 9.99 Å². The van der Waals surface area contributed by atoms with Crippen molar-refractivity contribution in [1.82, 2.24) is 5.32 Å². The number of benzene rings is 1. The van der Waals surface area contributed by atoms with Gasteiger partial charge in [0.05, 0.1) is 4.91 Å². The van der Waals surface area contributed by atoms with E-state index >= 15 is 0 Å². The minimum Gasteiger partial charge on any atom is -0.450 e. The Balaban J connectivity index is 1.76. The van der Waals surface area contributed by atoms with Gasteiger partial charge >= 0.3 is 0 Å². The van der Waals surface area contributed by atoms with Crippen LogP contribution in [0.2, 0.25) is 0 Å². The number of thiocarbonyl (C=S) groups is 1. The van der Waals surface area contributed by atoms with Crippen molar-refractivity contribution in [3.63, 3.8) is 0 Å². The first-order valence-electron chi connectivity index (χ1n) is 5.78. The van der Waals surface area contributed by atoms with Crippen LogP contribution in [-0.2, 0) is 4.79 Å². The zero-order valence-corrected chi connectivity index (χ0v) is 12.6. The molecule has 1 saturated heterocycles. The maximum atomic E-state index is 11.6. The van der Waals surface area contributed by atoms with E-state index in [0.717, 1.165) is 9.99 Å². The summed E-state index contributed by atoms with van der Waals surface area (Å²) in [7, 11) is 0. The van der Waals surface area contributed by atoms with Gasteiger partial charge < -0.3 is 9.73 Å². The van der Waals surface area contributed by atoms with Crippen LogP contribution in [0, 0.1) is 0 Å². The highest BCUT2D eigenvalue weighted by atomic mass is 32.2. The summed E-state index contributed by atoms with van der Waals surface area (Å²) in [4.78, 5) is 13.2. The van der Waals surface area contributed by atoms with Crippen LogP contribution < -0.4 is 5.32 Å². The maximum absolute atomic E-state index is 11.6. The van der Waals surface area contributed by atoms with Gasteiger partial charge in [0.15, 0.2) is 5.09 Å². The zero-order chi connectivity index (χ0) is 13.9. The third-order valence-corrected chi connectivity index (χ3v) is 4.57. The number of carbonyl (C=O) groups excluding carboxylic acids is 1. The van der Waals surface area contributed by atoms with Crippen molar-refractivity contribution >= 4 is 52.0 Å². The van der Waals surface area contributed by atoms with Crippen molar-refractivity contribution in [2.24, 2.45) is 0 Å². The molecule has 1 N–H and O–H groups in total. The highest BCUT2D eigenvalue weighted by Crippen LogP contribution is 2.31. The molecule has 2 heterocycles. The van der Waals surface area contributed by atoms with Gasteiger partial charge in [-0.1, -0.05) is 53.9 Å². The number of thioether (sulfide) groups is 1. The lowest BCUT2D eigenvalue weighted by molar-refractivity contribution is -0.115. The average Bonchev–Trinajstić information content (AvgIpc) is 2.98. The molecule has 0 radical (unpaired) electrons. The largest absolute Gasteiger partial charge is 0.450 e. The minimum atomic E-state index is -0.173. The molecule has 2 aromatic rings. The first-order chi connectivity index (χ1) is 9.70. The second-order valence-electron chi connectivity index (χ2n) is 3.92. The smallest absolute Gasteiger partial charge is 0.263 e. The molecule has 3 nitrogen and oxygen atoms in total. The molecular weight excluding hydrogens is 310 g/mol. The predicted octanol–water partition coefficient (Wildman–Crippen LogP) is 3.92. The lowest BCUT2D eigenvalue weighted by Crippen LogP contribution is -2.17. The van der Waals surface area contributed by atoms with Crippen LogP contribution in [0.3, 0.4) is 0 Å². The van der Waals surface area contributed by atoms with Crippen LogP contribution in [0.15, 0.2) is 61.8 Å². The summed E-state index contributed by atoms with van der Waals surface area (Å²) in [6, 6.07) is 13.7. The van der Waals surface area contributed by atoms with Gasteiger partial charge in [0.1, 0.15) is 10.1 Å². The first kappa shape index (κ1) is 13.5. The van der Waals surface area contributed by atoms with Gasteiger partial charge in [0.25, 0.3) is 5.91 Å². The summed E-state index contributed by atoms with van der Waals surface area (Å²) in [6.45, 7) is 0. The number of carbonyl (C=O) groups is 1. The molecule has 0 bridgehead atoms. The van der Waals surface area contributed by atoms with Gasteiger partial charge in [-0.05, 0) is 24.3 Å². The fourth-order valence-corrected chi connectivity index (χ4v) is 3.45. The number of amides is 1. The van der Waals surface area contributed by atoms with Gasteiger partial charge in [0, 0.05) is 11.0 Å². The molecular formula is C14H9NO2S3. The number of hydrogen-bond acceptors (Lipinski definition) is 5. The number of furan rings is 1. The Morgan fingerprint density at radius 1 is 1.20 bits per heavy atom. The van der Waals surface area contributed by atoms with Crippen LogP contribution in [-0.4, -0.2) is 10.2 Å². The van der Waals surface area contributed by atoms with Gasteiger partial charge in [-0.2, -0.15) is 0 Å². The number of nitrogens with one attached hydrogen (secondary N) is 1. The number of hydrogen-bond donors (Lipinski definition) is 1. The van der Waals surface area contributed by atoms with E-state index in [9.17, 15) is 4.79 Å². The Morgan fingerprint density at radius 2 is 2.00 bits per heavy atom. The molecule has 100 valence electrons. The summed E-state index contributed by atoms with van der Waals surface area (Å²) in [5.74, 6) is 0.472. The topological polar surface area (TPSA) is 42.2 Å². The van der Waals surface area contributed by atoms with E-state index in [4.69, 9.17) is 16.6 Å². The van der Waals surface area contributed by atoms with Crippen LogP contribution >= 0.6 is 35.7 Å². The quantitative estimate of drug-likeness (QED) is 0.686. The molecule has 1 aromatic carbocycles. The summed E-state index contributed by atoms with van der Waals surface area (Å²) < 4.78 is 6.16. The Labute approximate surface area is 129 Å². The molecule has 1 aliphatic rings. The molecule has 0 unspecified atom stereocenters. The lowest BCUT2D eigenvalue weighted by Gasteiger charge is -1.96. The van der Waals surface area contributed by atoms with E-state index in [2.05, 4.69) is 5.32 Å². The standard InChI is InChI=1S/C14H9NO2S3/c16-13-11(20-14(18)15-13)8-9-6-7-12(17-9)19-10-4-2-1-3-5-10/h1-8H,(H,15,16,18). The van der Waals surface area contributed by atoms with E-state index in [0.29, 0.717) is 15.0 Å². The van der Waals surface area contributed by atoms with Gasteiger partial charge in [-0.25, -0.2) is 0 Å². The van der Waals surface area contributed by atoms with Crippen LogP contribution in [0.4, 0.5) is 0 Å². The Kier molecular flexibility index (Phi) is 3.95. The van der Waals surface area contributed by atoms with E-state index in [1.54, 1.807) is 6.08 Å². The maximum Gasteiger partial charge on any atom is 0.263 e. The second-order valence-corrected chi connectivity index (χ2v) is 6.72. The summed E-state index contributed by atoms with van der Waals surface area (Å²) in [5, 5.41) is 3.36. The molecule has 0 atom stereocenters. The molecule has 1 amide bonds. The van der Waals surface area contributed by atoms with E-state index in [1.165, 1.54) is 23.5 Å². The van der Waals surface area contributed by atoms with Crippen molar-refractivity contribution < 1.29 is 9.21 Å². The molecule has 1 fully saturated rings. The first-order valence-corrected chi connectivity index (χ1v) is 7.82. The Morgan fingerprint density at radius 3 is 2.70 bits per heavy atom. The fourth-order valence-electron chi connectivity index (χ4n) is 1.62. The van der Waals surface area contributed by atoms with E-state index in [1.807, 2.05) is 42.5 Å². The Hall–Kier alpha value is -1.50. The third-order valence-electron chi connectivity index (χ3n) is 2.48. The molecule has 1 aliphatic heterocycles. The van der Waals surface area contributed by atoms with Crippen molar-refractivity contribution in [2.75, 3.05) is 0 Å². The normalized spacial score (nSPS) is 16.7. The average molecular weight is 319 g/mol. The SMILES string of the molecule is O=C1NC(=S)SC1=Cc1ccc(Sc2ccccc2)o1. The van der Waals surface area contributed by atoms with Gasteiger partial charge in [-0.3, -0.25) is 4.79 Å². The molecule has 6 heteroatoms. The fraction of sp³-hybridized carbons (Fsp3) is 0. The summed E-state index contributed by atoms with van der Waals surface area (Å²) in [5.41, 5.74) is 0.